The molecule has 0 spiro atoms. The van der Waals surface area contributed by atoms with E-state index < -0.39 is 6.09 Å². The van der Waals surface area contributed by atoms with Crippen molar-refractivity contribution in [2.24, 2.45) is 0 Å². The van der Waals surface area contributed by atoms with E-state index in [1.54, 1.807) is 0 Å². The molecule has 104 valence electrons. The van der Waals surface area contributed by atoms with Crippen LogP contribution >= 0.6 is 0 Å². The monoisotopic (exact) mass is 266 g/mol. The first-order valence-corrected chi connectivity index (χ1v) is 6.30. The third-order valence-electron chi connectivity index (χ3n) is 2.84. The van der Waals surface area contributed by atoms with Gasteiger partial charge in [-0.25, -0.2) is 4.79 Å². The smallest absolute Gasteiger partial charge is 0.407 e. The number of benzene rings is 1. The Morgan fingerprint density at radius 2 is 1.63 bits per heavy atom. The van der Waals surface area contributed by atoms with Crippen molar-refractivity contribution < 1.29 is 19.4 Å². The average Bonchev–Trinajstić information content (AvgIpc) is 2.49. The van der Waals surface area contributed by atoms with Crippen LogP contribution in [0.3, 0.4) is 0 Å². The highest BCUT2D eigenvalue weighted by Gasteiger charge is 2.13. The molecule has 2 aliphatic heterocycles. The number of para-hydroxylation sites is 2. The molecule has 6 heteroatoms. The summed E-state index contributed by atoms with van der Waals surface area (Å²) in [6.07, 6.45) is -0.809. The van der Waals surface area contributed by atoms with Crippen molar-refractivity contribution in [1.82, 2.24) is 10.2 Å². The summed E-state index contributed by atoms with van der Waals surface area (Å²) in [6.45, 7) is 4.14. The molecule has 0 aliphatic carbocycles. The highest BCUT2D eigenvalue weighted by Crippen LogP contribution is 2.28. The molecule has 2 heterocycles. The second-order valence-corrected chi connectivity index (χ2v) is 4.16. The lowest BCUT2D eigenvalue weighted by atomic mass is 10.3. The highest BCUT2D eigenvalue weighted by molar-refractivity contribution is 5.65. The Kier molecular flexibility index (Phi) is 4.85. The van der Waals surface area contributed by atoms with E-state index in [0.717, 1.165) is 24.6 Å². The zero-order valence-electron chi connectivity index (χ0n) is 10.7. The van der Waals surface area contributed by atoms with Crippen molar-refractivity contribution in [3.05, 3.63) is 24.3 Å². The van der Waals surface area contributed by atoms with E-state index in [0.29, 0.717) is 26.3 Å². The molecule has 3 rings (SSSR count). The van der Waals surface area contributed by atoms with Gasteiger partial charge in [0.05, 0.1) is 0 Å². The lowest BCUT2D eigenvalue weighted by Crippen LogP contribution is -2.45. The van der Waals surface area contributed by atoms with E-state index >= 15 is 0 Å². The largest absolute Gasteiger partial charge is 0.486 e. The Morgan fingerprint density at radius 3 is 2.05 bits per heavy atom. The van der Waals surface area contributed by atoms with Crippen molar-refractivity contribution in [1.29, 1.82) is 0 Å². The Labute approximate surface area is 111 Å². The standard InChI is InChI=1S/C8H8O2.C5H10N2O2/c1-2-4-8-7(3-1)9-5-6-10-8;8-5(9)7-3-1-6-2-4-7/h1-4H,5-6H2;6H,1-4H2,(H,8,9). The number of hydrogen-bond donors (Lipinski definition) is 2. The Bertz CT molecular complexity index is 394. The van der Waals surface area contributed by atoms with Gasteiger partial charge in [0.25, 0.3) is 0 Å². The molecule has 0 bridgehead atoms. The first-order chi connectivity index (χ1) is 9.27. The first-order valence-electron chi connectivity index (χ1n) is 6.30. The number of carboxylic acid groups (broad SMARTS) is 1. The summed E-state index contributed by atoms with van der Waals surface area (Å²) in [5.74, 6) is 1.71. The number of amides is 1. The molecule has 0 saturated carbocycles. The SMILES string of the molecule is O=C(O)N1CCNCC1.c1ccc2c(c1)OCCO2. The fourth-order valence-corrected chi connectivity index (χ4v) is 1.85. The van der Waals surface area contributed by atoms with Crippen molar-refractivity contribution in [2.75, 3.05) is 39.4 Å². The number of ether oxygens (including phenoxy) is 2. The molecule has 0 atom stereocenters. The van der Waals surface area contributed by atoms with E-state index in [1.165, 1.54) is 4.90 Å². The highest BCUT2D eigenvalue weighted by atomic mass is 16.6. The van der Waals surface area contributed by atoms with Gasteiger partial charge < -0.3 is 24.8 Å². The van der Waals surface area contributed by atoms with E-state index in [2.05, 4.69) is 5.32 Å². The molecule has 0 aromatic heterocycles. The molecular formula is C13H18N2O4. The van der Waals surface area contributed by atoms with Gasteiger partial charge in [0.2, 0.25) is 0 Å². The molecule has 6 nitrogen and oxygen atoms in total. The van der Waals surface area contributed by atoms with Gasteiger partial charge in [-0.15, -0.1) is 0 Å². The molecule has 1 aromatic rings. The van der Waals surface area contributed by atoms with Gasteiger partial charge in [-0.2, -0.15) is 0 Å². The normalized spacial score (nSPS) is 17.2. The summed E-state index contributed by atoms with van der Waals surface area (Å²) in [5, 5.41) is 11.5. The van der Waals surface area contributed by atoms with Crippen LogP contribution in [-0.4, -0.2) is 55.5 Å². The minimum Gasteiger partial charge on any atom is -0.486 e. The minimum absolute atomic E-state index is 0.620. The lowest BCUT2D eigenvalue weighted by molar-refractivity contribution is 0.139. The van der Waals surface area contributed by atoms with E-state index in [-0.39, 0.29) is 0 Å². The number of rotatable bonds is 0. The molecule has 19 heavy (non-hydrogen) atoms. The van der Waals surface area contributed by atoms with Crippen LogP contribution in [0.4, 0.5) is 4.79 Å². The molecule has 0 unspecified atom stereocenters. The second-order valence-electron chi connectivity index (χ2n) is 4.16. The fourth-order valence-electron chi connectivity index (χ4n) is 1.85. The van der Waals surface area contributed by atoms with Crippen LogP contribution in [0.25, 0.3) is 0 Å². The zero-order chi connectivity index (χ0) is 13.5. The van der Waals surface area contributed by atoms with Gasteiger partial charge >= 0.3 is 6.09 Å². The topological polar surface area (TPSA) is 71.0 Å². The molecule has 1 saturated heterocycles. The predicted molar refractivity (Wildman–Crippen MR) is 69.9 cm³/mol. The second kappa shape index (κ2) is 6.84. The van der Waals surface area contributed by atoms with Gasteiger partial charge in [0, 0.05) is 26.2 Å². The third-order valence-corrected chi connectivity index (χ3v) is 2.84. The number of piperazine rings is 1. The van der Waals surface area contributed by atoms with E-state index in [9.17, 15) is 4.79 Å². The summed E-state index contributed by atoms with van der Waals surface area (Å²) in [5.41, 5.74) is 0. The molecule has 2 aliphatic rings. The lowest BCUT2D eigenvalue weighted by Gasteiger charge is -2.23. The van der Waals surface area contributed by atoms with Gasteiger partial charge in [-0.1, -0.05) is 12.1 Å². The summed E-state index contributed by atoms with van der Waals surface area (Å²) >= 11 is 0. The first kappa shape index (κ1) is 13.5. The quantitative estimate of drug-likeness (QED) is 0.734. The maximum atomic E-state index is 10.3. The van der Waals surface area contributed by atoms with Crippen molar-refractivity contribution in [2.45, 2.75) is 0 Å². The van der Waals surface area contributed by atoms with Crippen LogP contribution in [0.1, 0.15) is 0 Å². The molecular weight excluding hydrogens is 248 g/mol. The number of fused-ring (bicyclic) bond motifs is 1. The minimum atomic E-state index is -0.809. The molecule has 0 radical (unpaired) electrons. The van der Waals surface area contributed by atoms with Crippen molar-refractivity contribution in [3.8, 4) is 11.5 Å². The van der Waals surface area contributed by atoms with Crippen LogP contribution in [0.15, 0.2) is 24.3 Å². The maximum Gasteiger partial charge on any atom is 0.407 e. The van der Waals surface area contributed by atoms with Crippen molar-refractivity contribution in [3.63, 3.8) is 0 Å². The summed E-state index contributed by atoms with van der Waals surface area (Å²) in [6, 6.07) is 7.70. The summed E-state index contributed by atoms with van der Waals surface area (Å²) in [7, 11) is 0. The van der Waals surface area contributed by atoms with Gasteiger partial charge in [0.15, 0.2) is 11.5 Å². The Balaban J connectivity index is 0.000000141. The Hall–Kier alpha value is -1.95. The predicted octanol–water partition coefficient (Wildman–Crippen LogP) is 1.03. The van der Waals surface area contributed by atoms with E-state index in [1.807, 2.05) is 24.3 Å². The van der Waals surface area contributed by atoms with Crippen LogP contribution in [0, 0.1) is 0 Å². The Morgan fingerprint density at radius 1 is 1.11 bits per heavy atom. The molecule has 1 fully saturated rings. The van der Waals surface area contributed by atoms with Crippen molar-refractivity contribution >= 4 is 6.09 Å². The van der Waals surface area contributed by atoms with Crippen LogP contribution in [-0.2, 0) is 0 Å². The molecule has 1 amide bonds. The number of carbonyl (C=O) groups is 1. The molecule has 2 N–H and O–H groups in total. The summed E-state index contributed by atoms with van der Waals surface area (Å²) in [4.78, 5) is 11.7. The maximum absolute atomic E-state index is 10.3. The summed E-state index contributed by atoms with van der Waals surface area (Å²) < 4.78 is 10.6. The number of nitrogens with zero attached hydrogens (tertiary/aromatic N) is 1. The van der Waals surface area contributed by atoms with Gasteiger partial charge in [-0.05, 0) is 12.1 Å². The van der Waals surface area contributed by atoms with E-state index in [4.69, 9.17) is 14.6 Å². The average molecular weight is 266 g/mol. The fraction of sp³-hybridized carbons (Fsp3) is 0.462. The third kappa shape index (κ3) is 4.03. The number of nitrogens with one attached hydrogen (secondary N) is 1. The van der Waals surface area contributed by atoms with Crippen LogP contribution in [0.2, 0.25) is 0 Å². The number of hydrogen-bond acceptors (Lipinski definition) is 4. The van der Waals surface area contributed by atoms with Crippen LogP contribution < -0.4 is 14.8 Å². The van der Waals surface area contributed by atoms with Gasteiger partial charge in [-0.3, -0.25) is 0 Å². The van der Waals surface area contributed by atoms with Crippen LogP contribution in [0.5, 0.6) is 11.5 Å². The van der Waals surface area contributed by atoms with Gasteiger partial charge in [0.1, 0.15) is 13.2 Å². The zero-order valence-corrected chi connectivity index (χ0v) is 10.7. The molecule has 1 aromatic carbocycles.